The normalized spacial score (nSPS) is 16.6. The Morgan fingerprint density at radius 3 is 3.05 bits per heavy atom. The van der Waals surface area contributed by atoms with Crippen LogP contribution in [0.3, 0.4) is 0 Å². The third-order valence-corrected chi connectivity index (χ3v) is 4.18. The highest BCUT2D eigenvalue weighted by Gasteiger charge is 2.29. The van der Waals surface area contributed by atoms with Crippen LogP contribution in [0, 0.1) is 6.20 Å². The van der Waals surface area contributed by atoms with Gasteiger partial charge in [-0.2, -0.15) is 0 Å². The lowest BCUT2D eigenvalue weighted by Crippen LogP contribution is -2.32. The van der Waals surface area contributed by atoms with E-state index in [1.807, 2.05) is 6.07 Å². The Kier molecular flexibility index (Phi) is 2.92. The van der Waals surface area contributed by atoms with Gasteiger partial charge in [-0.05, 0) is 12.1 Å². The van der Waals surface area contributed by atoms with Gasteiger partial charge in [-0.15, -0.1) is 11.8 Å². The quantitative estimate of drug-likeness (QED) is 0.800. The molecule has 7 heteroatoms. The van der Waals surface area contributed by atoms with E-state index in [1.54, 1.807) is 18.3 Å². The number of amides is 1. The van der Waals surface area contributed by atoms with Crippen molar-refractivity contribution in [1.82, 2.24) is 9.97 Å². The number of thioether (sulfide) groups is 1. The van der Waals surface area contributed by atoms with Gasteiger partial charge in [0, 0.05) is 6.07 Å². The Hall–Kier alpha value is -2.28. The van der Waals surface area contributed by atoms with Crippen LogP contribution in [0.25, 0.3) is 0 Å². The maximum Gasteiger partial charge on any atom is 0.244 e. The molecule has 21 heavy (non-hydrogen) atoms. The lowest BCUT2D eigenvalue weighted by molar-refractivity contribution is -0.115. The summed E-state index contributed by atoms with van der Waals surface area (Å²) < 4.78 is 11.0. The summed E-state index contributed by atoms with van der Waals surface area (Å²) in [5, 5.41) is 0. The van der Waals surface area contributed by atoms with Crippen molar-refractivity contribution in [2.75, 3.05) is 23.9 Å². The lowest BCUT2D eigenvalue weighted by Gasteiger charge is -2.27. The topological polar surface area (TPSA) is 64.6 Å². The fourth-order valence-corrected chi connectivity index (χ4v) is 3.07. The van der Waals surface area contributed by atoms with E-state index in [0.717, 1.165) is 4.90 Å². The predicted molar refractivity (Wildman–Crippen MR) is 76.2 cm³/mol. The second kappa shape index (κ2) is 4.92. The van der Waals surface area contributed by atoms with Gasteiger partial charge in [0.25, 0.3) is 0 Å². The molecule has 2 aliphatic rings. The summed E-state index contributed by atoms with van der Waals surface area (Å²) in [6.45, 7) is 0.996. The predicted octanol–water partition coefficient (Wildman–Crippen LogP) is 1.82. The molecule has 0 N–H and O–H groups in total. The van der Waals surface area contributed by atoms with Crippen LogP contribution in [-0.4, -0.2) is 34.8 Å². The SMILES string of the molecule is O=C1CSc2cc[c]nc2N1c1cc2c(cn1)OCCO2. The molecular formula is C14H10N3O3S. The number of anilines is 2. The summed E-state index contributed by atoms with van der Waals surface area (Å²) in [5.41, 5.74) is 0. The monoisotopic (exact) mass is 300 g/mol. The van der Waals surface area contributed by atoms with Crippen molar-refractivity contribution in [3.63, 3.8) is 0 Å². The number of rotatable bonds is 1. The first-order chi connectivity index (χ1) is 10.3. The van der Waals surface area contributed by atoms with Gasteiger partial charge in [-0.1, -0.05) is 0 Å². The minimum absolute atomic E-state index is 0.0659. The first kappa shape index (κ1) is 12.5. The van der Waals surface area contributed by atoms with Crippen molar-refractivity contribution in [3.05, 3.63) is 30.6 Å². The molecule has 0 aliphatic carbocycles. The highest BCUT2D eigenvalue weighted by atomic mass is 32.2. The smallest absolute Gasteiger partial charge is 0.244 e. The van der Waals surface area contributed by atoms with Gasteiger partial charge in [0.05, 0.1) is 23.0 Å². The van der Waals surface area contributed by atoms with Crippen molar-refractivity contribution in [2.45, 2.75) is 4.90 Å². The van der Waals surface area contributed by atoms with E-state index >= 15 is 0 Å². The van der Waals surface area contributed by atoms with Crippen molar-refractivity contribution in [2.24, 2.45) is 0 Å². The number of hydrogen-bond acceptors (Lipinski definition) is 6. The third-order valence-electron chi connectivity index (χ3n) is 3.16. The van der Waals surface area contributed by atoms with Gasteiger partial charge in [-0.25, -0.2) is 14.9 Å². The maximum atomic E-state index is 12.3. The van der Waals surface area contributed by atoms with Crippen molar-refractivity contribution in [3.8, 4) is 11.5 Å². The number of ether oxygens (including phenoxy) is 2. The molecule has 1 radical (unpaired) electrons. The van der Waals surface area contributed by atoms with Gasteiger partial charge in [-0.3, -0.25) is 4.79 Å². The van der Waals surface area contributed by atoms with Crippen molar-refractivity contribution in [1.29, 1.82) is 0 Å². The second-order valence-corrected chi connectivity index (χ2v) is 5.48. The third kappa shape index (κ3) is 2.09. The Morgan fingerprint density at radius 2 is 2.14 bits per heavy atom. The van der Waals surface area contributed by atoms with E-state index in [4.69, 9.17) is 9.47 Å². The summed E-state index contributed by atoms with van der Waals surface area (Å²) in [6.07, 6.45) is 4.34. The molecule has 4 rings (SSSR count). The highest BCUT2D eigenvalue weighted by Crippen LogP contribution is 2.39. The number of hydrogen-bond donors (Lipinski definition) is 0. The number of pyridine rings is 2. The lowest BCUT2D eigenvalue weighted by atomic mass is 10.3. The van der Waals surface area contributed by atoms with Gasteiger partial charge in [0.15, 0.2) is 17.3 Å². The van der Waals surface area contributed by atoms with Crippen LogP contribution in [0.4, 0.5) is 11.6 Å². The molecule has 2 aliphatic heterocycles. The van der Waals surface area contributed by atoms with E-state index in [2.05, 4.69) is 16.2 Å². The van der Waals surface area contributed by atoms with Crippen LogP contribution in [0.2, 0.25) is 0 Å². The van der Waals surface area contributed by atoms with Crippen LogP contribution < -0.4 is 14.4 Å². The summed E-state index contributed by atoms with van der Waals surface area (Å²) in [4.78, 5) is 23.2. The molecule has 4 heterocycles. The molecule has 0 saturated carbocycles. The van der Waals surface area contributed by atoms with Crippen LogP contribution in [0.15, 0.2) is 29.3 Å². The molecule has 0 fully saturated rings. The zero-order valence-corrected chi connectivity index (χ0v) is 11.7. The average Bonchev–Trinajstić information content (AvgIpc) is 2.54. The molecule has 0 atom stereocenters. The fraction of sp³-hybridized carbons (Fsp3) is 0.214. The van der Waals surface area contributed by atoms with Crippen molar-refractivity contribution >= 4 is 29.3 Å². The highest BCUT2D eigenvalue weighted by molar-refractivity contribution is 8.00. The molecule has 0 aromatic carbocycles. The molecule has 105 valence electrons. The fourth-order valence-electron chi connectivity index (χ4n) is 2.23. The Bertz CT molecular complexity index is 722. The molecule has 0 bridgehead atoms. The summed E-state index contributed by atoms with van der Waals surface area (Å²) in [7, 11) is 0. The molecular weight excluding hydrogens is 290 g/mol. The Balaban J connectivity index is 1.80. The Labute approximate surface area is 125 Å². The molecule has 2 aromatic heterocycles. The van der Waals surface area contributed by atoms with Crippen LogP contribution >= 0.6 is 11.8 Å². The van der Waals surface area contributed by atoms with E-state index in [1.165, 1.54) is 16.7 Å². The summed E-state index contributed by atoms with van der Waals surface area (Å²) in [6, 6.07) is 5.34. The minimum atomic E-state index is -0.0659. The van der Waals surface area contributed by atoms with Crippen LogP contribution in [-0.2, 0) is 4.79 Å². The zero-order valence-electron chi connectivity index (χ0n) is 10.9. The van der Waals surface area contributed by atoms with Gasteiger partial charge in [0.2, 0.25) is 5.91 Å². The number of fused-ring (bicyclic) bond motifs is 2. The number of aromatic nitrogens is 2. The van der Waals surface area contributed by atoms with Crippen LogP contribution in [0.1, 0.15) is 0 Å². The number of carbonyl (C=O) groups is 1. The van der Waals surface area contributed by atoms with E-state index in [0.29, 0.717) is 42.1 Å². The summed E-state index contributed by atoms with van der Waals surface area (Å²) >= 11 is 1.47. The zero-order chi connectivity index (χ0) is 14.2. The molecule has 0 saturated heterocycles. The standard InChI is InChI=1S/C14H10N3O3S/c18-13-8-21-11-2-1-3-15-14(11)17(13)12-6-9-10(7-16-12)20-5-4-19-9/h1-2,6-7H,4-5,8H2. The van der Waals surface area contributed by atoms with E-state index in [9.17, 15) is 4.79 Å². The molecule has 2 aromatic rings. The number of nitrogens with zero attached hydrogens (tertiary/aromatic N) is 3. The van der Waals surface area contributed by atoms with E-state index < -0.39 is 0 Å². The van der Waals surface area contributed by atoms with Crippen molar-refractivity contribution < 1.29 is 14.3 Å². The largest absolute Gasteiger partial charge is 0.486 e. The molecule has 0 spiro atoms. The molecule has 0 unspecified atom stereocenters. The molecule has 6 nitrogen and oxygen atoms in total. The first-order valence-corrected chi connectivity index (χ1v) is 7.40. The maximum absolute atomic E-state index is 12.3. The van der Waals surface area contributed by atoms with Gasteiger partial charge < -0.3 is 9.47 Å². The first-order valence-electron chi connectivity index (χ1n) is 6.41. The van der Waals surface area contributed by atoms with Gasteiger partial charge in [0.1, 0.15) is 19.0 Å². The van der Waals surface area contributed by atoms with E-state index in [-0.39, 0.29) is 5.91 Å². The summed E-state index contributed by atoms with van der Waals surface area (Å²) in [5.74, 6) is 2.52. The molecule has 1 amide bonds. The Morgan fingerprint density at radius 1 is 1.29 bits per heavy atom. The number of carbonyl (C=O) groups excluding carboxylic acids is 1. The minimum Gasteiger partial charge on any atom is -0.486 e. The van der Waals surface area contributed by atoms with Crippen LogP contribution in [0.5, 0.6) is 11.5 Å². The van der Waals surface area contributed by atoms with Gasteiger partial charge >= 0.3 is 0 Å². The second-order valence-electron chi connectivity index (χ2n) is 4.47. The average molecular weight is 300 g/mol.